The number of benzene rings is 3. The SMILES string of the molecule is Fc1cc(-c2ccc(Br)cc2)ccc1-c1cc(F)c(F)c(F)c1. The van der Waals surface area contributed by atoms with E-state index in [4.69, 9.17) is 0 Å². The largest absolute Gasteiger partial charge is 0.206 e. The van der Waals surface area contributed by atoms with Gasteiger partial charge in [-0.2, -0.15) is 0 Å². The Morgan fingerprint density at radius 1 is 0.565 bits per heavy atom. The maximum Gasteiger partial charge on any atom is 0.194 e. The first-order valence-electron chi connectivity index (χ1n) is 6.66. The second-order valence-corrected chi connectivity index (χ2v) is 5.87. The summed E-state index contributed by atoms with van der Waals surface area (Å²) in [7, 11) is 0. The van der Waals surface area contributed by atoms with E-state index in [1.54, 1.807) is 6.07 Å². The Morgan fingerprint density at radius 2 is 1.09 bits per heavy atom. The van der Waals surface area contributed by atoms with Crippen molar-refractivity contribution in [2.75, 3.05) is 0 Å². The van der Waals surface area contributed by atoms with E-state index in [1.807, 2.05) is 24.3 Å². The zero-order valence-electron chi connectivity index (χ0n) is 11.6. The summed E-state index contributed by atoms with van der Waals surface area (Å²) in [6.07, 6.45) is 0. The molecule has 0 N–H and O–H groups in total. The summed E-state index contributed by atoms with van der Waals surface area (Å²) in [4.78, 5) is 0. The van der Waals surface area contributed by atoms with Crippen molar-refractivity contribution in [3.63, 3.8) is 0 Å². The third-order valence-corrected chi connectivity index (χ3v) is 3.97. The van der Waals surface area contributed by atoms with Crippen LogP contribution in [-0.2, 0) is 0 Å². The van der Waals surface area contributed by atoms with E-state index in [2.05, 4.69) is 15.9 Å². The second kappa shape index (κ2) is 6.16. The van der Waals surface area contributed by atoms with Crippen molar-refractivity contribution in [3.8, 4) is 22.3 Å². The molecule has 0 nitrogen and oxygen atoms in total. The molecule has 0 unspecified atom stereocenters. The van der Waals surface area contributed by atoms with Crippen molar-refractivity contribution < 1.29 is 17.6 Å². The van der Waals surface area contributed by atoms with Crippen molar-refractivity contribution >= 4 is 15.9 Å². The summed E-state index contributed by atoms with van der Waals surface area (Å²) in [5.41, 5.74) is 1.38. The van der Waals surface area contributed by atoms with Gasteiger partial charge in [0.05, 0.1) is 0 Å². The van der Waals surface area contributed by atoms with Gasteiger partial charge in [-0.15, -0.1) is 0 Å². The minimum Gasteiger partial charge on any atom is -0.206 e. The summed E-state index contributed by atoms with van der Waals surface area (Å²) >= 11 is 3.32. The molecule has 0 fully saturated rings. The molecule has 0 saturated carbocycles. The molecule has 0 saturated heterocycles. The number of halogens is 5. The van der Waals surface area contributed by atoms with Gasteiger partial charge in [0.15, 0.2) is 17.5 Å². The molecule has 23 heavy (non-hydrogen) atoms. The third-order valence-electron chi connectivity index (χ3n) is 3.44. The Bertz CT molecular complexity index is 850. The van der Waals surface area contributed by atoms with Crippen molar-refractivity contribution in [3.05, 3.63) is 82.3 Å². The molecule has 0 aliphatic heterocycles. The Morgan fingerprint density at radius 3 is 1.65 bits per heavy atom. The van der Waals surface area contributed by atoms with Gasteiger partial charge in [-0.1, -0.05) is 40.2 Å². The van der Waals surface area contributed by atoms with Crippen LogP contribution in [0.4, 0.5) is 17.6 Å². The maximum absolute atomic E-state index is 14.3. The Labute approximate surface area is 138 Å². The summed E-state index contributed by atoms with van der Waals surface area (Å²) in [5, 5.41) is 0. The molecule has 0 radical (unpaired) electrons. The molecule has 116 valence electrons. The van der Waals surface area contributed by atoms with Gasteiger partial charge >= 0.3 is 0 Å². The Balaban J connectivity index is 2.04. The summed E-state index contributed by atoms with van der Waals surface area (Å²) in [6, 6.07) is 13.2. The molecule has 0 aliphatic rings. The van der Waals surface area contributed by atoms with Gasteiger partial charge in [0.2, 0.25) is 0 Å². The van der Waals surface area contributed by atoms with E-state index in [-0.39, 0.29) is 11.1 Å². The van der Waals surface area contributed by atoms with Crippen LogP contribution in [0.3, 0.4) is 0 Å². The van der Waals surface area contributed by atoms with Crippen LogP contribution in [0.15, 0.2) is 59.1 Å². The fourth-order valence-electron chi connectivity index (χ4n) is 2.28. The molecule has 0 spiro atoms. The van der Waals surface area contributed by atoms with Gasteiger partial charge in [-0.25, -0.2) is 17.6 Å². The number of hydrogen-bond acceptors (Lipinski definition) is 0. The van der Waals surface area contributed by atoms with E-state index in [0.29, 0.717) is 5.56 Å². The molecule has 0 aliphatic carbocycles. The van der Waals surface area contributed by atoms with Crippen molar-refractivity contribution in [2.45, 2.75) is 0 Å². The van der Waals surface area contributed by atoms with Gasteiger partial charge in [0.1, 0.15) is 5.82 Å². The van der Waals surface area contributed by atoms with Gasteiger partial charge in [-0.05, 0) is 47.0 Å². The Hall–Kier alpha value is -2.14. The highest BCUT2D eigenvalue weighted by atomic mass is 79.9. The molecule has 0 heterocycles. The number of rotatable bonds is 2. The smallest absolute Gasteiger partial charge is 0.194 e. The van der Waals surface area contributed by atoms with Crippen molar-refractivity contribution in [2.24, 2.45) is 0 Å². The fourth-order valence-corrected chi connectivity index (χ4v) is 2.55. The Kier molecular flexibility index (Phi) is 4.22. The third kappa shape index (κ3) is 3.15. The van der Waals surface area contributed by atoms with Gasteiger partial charge in [-0.3, -0.25) is 0 Å². The minimum atomic E-state index is -1.57. The fraction of sp³-hybridized carbons (Fsp3) is 0. The lowest BCUT2D eigenvalue weighted by Gasteiger charge is -2.08. The van der Waals surface area contributed by atoms with Crippen LogP contribution in [0, 0.1) is 23.3 Å². The van der Waals surface area contributed by atoms with Crippen LogP contribution in [0.5, 0.6) is 0 Å². The van der Waals surface area contributed by atoms with Gasteiger partial charge in [0.25, 0.3) is 0 Å². The highest BCUT2D eigenvalue weighted by Crippen LogP contribution is 2.30. The summed E-state index contributed by atoms with van der Waals surface area (Å²) in [5.74, 6) is -4.91. The van der Waals surface area contributed by atoms with Gasteiger partial charge in [0, 0.05) is 10.0 Å². The first-order chi connectivity index (χ1) is 11.0. The molecular weight excluding hydrogens is 372 g/mol. The van der Waals surface area contributed by atoms with E-state index < -0.39 is 23.3 Å². The van der Waals surface area contributed by atoms with Crippen LogP contribution in [0.2, 0.25) is 0 Å². The second-order valence-electron chi connectivity index (χ2n) is 4.96. The van der Waals surface area contributed by atoms with Crippen LogP contribution in [0.1, 0.15) is 0 Å². The lowest BCUT2D eigenvalue weighted by Crippen LogP contribution is -1.93. The van der Waals surface area contributed by atoms with Crippen molar-refractivity contribution in [1.29, 1.82) is 0 Å². The maximum atomic E-state index is 14.3. The van der Waals surface area contributed by atoms with Gasteiger partial charge < -0.3 is 0 Å². The first kappa shape index (κ1) is 15.7. The first-order valence-corrected chi connectivity index (χ1v) is 7.45. The topological polar surface area (TPSA) is 0 Å². The zero-order chi connectivity index (χ0) is 16.6. The monoisotopic (exact) mass is 380 g/mol. The highest BCUT2D eigenvalue weighted by molar-refractivity contribution is 9.10. The van der Waals surface area contributed by atoms with Crippen LogP contribution in [-0.4, -0.2) is 0 Å². The molecule has 3 aromatic rings. The predicted octanol–water partition coefficient (Wildman–Crippen LogP) is 6.34. The molecule has 5 heteroatoms. The normalized spacial score (nSPS) is 10.8. The lowest BCUT2D eigenvalue weighted by molar-refractivity contribution is 0.447. The molecule has 3 rings (SSSR count). The molecule has 0 atom stereocenters. The van der Waals surface area contributed by atoms with E-state index in [0.717, 1.165) is 22.2 Å². The average molecular weight is 381 g/mol. The summed E-state index contributed by atoms with van der Waals surface area (Å²) in [6.45, 7) is 0. The highest BCUT2D eigenvalue weighted by Gasteiger charge is 2.14. The molecule has 3 aromatic carbocycles. The molecule has 0 bridgehead atoms. The quantitative estimate of drug-likeness (QED) is 0.359. The van der Waals surface area contributed by atoms with E-state index in [1.165, 1.54) is 12.1 Å². The van der Waals surface area contributed by atoms with E-state index >= 15 is 0 Å². The average Bonchev–Trinajstić information content (AvgIpc) is 2.53. The molecular formula is C18H9BrF4. The van der Waals surface area contributed by atoms with E-state index in [9.17, 15) is 17.6 Å². The lowest BCUT2D eigenvalue weighted by atomic mass is 9.99. The zero-order valence-corrected chi connectivity index (χ0v) is 13.2. The van der Waals surface area contributed by atoms with Crippen LogP contribution in [0.25, 0.3) is 22.3 Å². The summed E-state index contributed by atoms with van der Waals surface area (Å²) < 4.78 is 54.8. The van der Waals surface area contributed by atoms with Crippen LogP contribution >= 0.6 is 15.9 Å². The predicted molar refractivity (Wildman–Crippen MR) is 84.8 cm³/mol. The standard InChI is InChI=1S/C18H9BrF4/c19-13-4-1-10(2-5-13)11-3-6-14(15(20)7-11)12-8-16(21)18(23)17(22)9-12/h1-9H. The number of hydrogen-bond donors (Lipinski definition) is 0. The molecule has 0 amide bonds. The van der Waals surface area contributed by atoms with Crippen molar-refractivity contribution in [1.82, 2.24) is 0 Å². The van der Waals surface area contributed by atoms with Crippen LogP contribution < -0.4 is 0 Å². The minimum absolute atomic E-state index is 0.00339. The molecule has 0 aromatic heterocycles.